The highest BCUT2D eigenvalue weighted by molar-refractivity contribution is 8.03. The van der Waals surface area contributed by atoms with E-state index in [1.54, 1.807) is 31.3 Å². The van der Waals surface area contributed by atoms with Crippen molar-refractivity contribution < 1.29 is 9.53 Å². The molecule has 1 atom stereocenters. The van der Waals surface area contributed by atoms with Crippen LogP contribution in [0.5, 0.6) is 5.75 Å². The molecule has 1 aliphatic rings. The molecule has 3 rings (SSSR count). The molecule has 1 aliphatic heterocycles. The van der Waals surface area contributed by atoms with Crippen LogP contribution in [0.3, 0.4) is 0 Å². The van der Waals surface area contributed by atoms with Crippen LogP contribution in [-0.2, 0) is 11.2 Å². The third kappa shape index (κ3) is 4.13. The number of carbonyl (C=O) groups excluding carboxylic acids is 1. The number of thioether (sulfide) groups is 1. The number of carbonyl (C=O) groups is 1. The quantitative estimate of drug-likeness (QED) is 0.914. The minimum absolute atomic E-state index is 0.00705. The van der Waals surface area contributed by atoms with Gasteiger partial charge >= 0.3 is 0 Å². The third-order valence-electron chi connectivity index (χ3n) is 3.63. The molecule has 0 bridgehead atoms. The maximum atomic E-state index is 12.2. The van der Waals surface area contributed by atoms with Gasteiger partial charge in [0.05, 0.1) is 18.6 Å². The fourth-order valence-electron chi connectivity index (χ4n) is 2.48. The lowest BCUT2D eigenvalue weighted by Crippen LogP contribution is -2.22. The first-order valence-corrected chi connectivity index (χ1v) is 8.32. The van der Waals surface area contributed by atoms with Gasteiger partial charge in [0, 0.05) is 17.6 Å². The second-order valence-electron chi connectivity index (χ2n) is 5.27. The molecule has 1 N–H and O–H groups in total. The molecule has 0 aliphatic carbocycles. The Kier molecular flexibility index (Phi) is 4.98. The van der Waals surface area contributed by atoms with Gasteiger partial charge in [0.2, 0.25) is 5.91 Å². The number of rotatable bonds is 5. The van der Waals surface area contributed by atoms with Crippen molar-refractivity contribution >= 4 is 17.7 Å². The van der Waals surface area contributed by atoms with Gasteiger partial charge in [-0.2, -0.15) is 0 Å². The molecular formula is C18H18N2O2S. The molecule has 0 saturated heterocycles. The number of ether oxygens (including phenoxy) is 1. The summed E-state index contributed by atoms with van der Waals surface area (Å²) < 4.78 is 5.18. The van der Waals surface area contributed by atoms with Crippen LogP contribution in [0, 0.1) is 0 Å². The van der Waals surface area contributed by atoms with Gasteiger partial charge in [0.25, 0.3) is 0 Å². The number of nitrogens with zero attached hydrogens (tertiary/aromatic N) is 1. The fourth-order valence-corrected chi connectivity index (χ4v) is 3.63. The van der Waals surface area contributed by atoms with Crippen molar-refractivity contribution in [2.75, 3.05) is 7.11 Å². The monoisotopic (exact) mass is 326 g/mol. The van der Waals surface area contributed by atoms with Crippen LogP contribution in [0.2, 0.25) is 0 Å². The third-order valence-corrected chi connectivity index (χ3v) is 4.90. The number of aromatic nitrogens is 1. The predicted molar refractivity (Wildman–Crippen MR) is 92.1 cm³/mol. The van der Waals surface area contributed by atoms with Crippen molar-refractivity contribution in [3.8, 4) is 5.75 Å². The predicted octanol–water partition coefficient (Wildman–Crippen LogP) is 3.47. The van der Waals surface area contributed by atoms with Crippen LogP contribution in [0.4, 0.5) is 0 Å². The summed E-state index contributed by atoms with van der Waals surface area (Å²) in [5.41, 5.74) is 2.18. The normalized spacial score (nSPS) is 16.7. The van der Waals surface area contributed by atoms with Crippen LogP contribution in [0.25, 0.3) is 0 Å². The van der Waals surface area contributed by atoms with E-state index in [0.29, 0.717) is 11.7 Å². The lowest BCUT2D eigenvalue weighted by molar-refractivity contribution is -0.119. The first-order chi connectivity index (χ1) is 11.2. The lowest BCUT2D eigenvalue weighted by atomic mass is 10.1. The average Bonchev–Trinajstić information content (AvgIpc) is 3.04. The molecule has 0 spiro atoms. The van der Waals surface area contributed by atoms with Crippen LogP contribution in [0.1, 0.15) is 22.8 Å². The first-order valence-electron chi connectivity index (χ1n) is 7.44. The van der Waals surface area contributed by atoms with Crippen molar-refractivity contribution in [2.24, 2.45) is 0 Å². The summed E-state index contributed by atoms with van der Waals surface area (Å²) in [7, 11) is 1.62. The van der Waals surface area contributed by atoms with E-state index in [4.69, 9.17) is 4.74 Å². The van der Waals surface area contributed by atoms with E-state index in [9.17, 15) is 4.79 Å². The molecule has 1 unspecified atom stereocenters. The maximum Gasteiger partial charge on any atom is 0.229 e. The lowest BCUT2D eigenvalue weighted by Gasteiger charge is -2.11. The van der Waals surface area contributed by atoms with Crippen molar-refractivity contribution in [3.05, 3.63) is 71.0 Å². The molecule has 5 heteroatoms. The van der Waals surface area contributed by atoms with Gasteiger partial charge in [0.15, 0.2) is 0 Å². The van der Waals surface area contributed by atoms with Crippen molar-refractivity contribution in [1.29, 1.82) is 0 Å². The molecule has 23 heavy (non-hydrogen) atoms. The Balaban J connectivity index is 1.54. The van der Waals surface area contributed by atoms with Crippen molar-refractivity contribution in [2.45, 2.75) is 18.1 Å². The summed E-state index contributed by atoms with van der Waals surface area (Å²) in [5.74, 6) is 0.759. The van der Waals surface area contributed by atoms with Gasteiger partial charge in [-0.3, -0.25) is 9.78 Å². The summed E-state index contributed by atoms with van der Waals surface area (Å²) >= 11 is 1.69. The zero-order valence-corrected chi connectivity index (χ0v) is 13.7. The molecule has 118 valence electrons. The SMILES string of the molecule is COc1cccc(CC(=O)NC2=CCC(c3ccncc3)S2)c1. The first kappa shape index (κ1) is 15.6. The van der Waals surface area contributed by atoms with E-state index in [1.807, 2.05) is 36.4 Å². The molecule has 1 aromatic carbocycles. The second kappa shape index (κ2) is 7.33. The summed E-state index contributed by atoms with van der Waals surface area (Å²) in [5, 5.41) is 4.28. The molecule has 1 amide bonds. The van der Waals surface area contributed by atoms with Crippen LogP contribution in [0.15, 0.2) is 59.9 Å². The van der Waals surface area contributed by atoms with E-state index in [2.05, 4.69) is 16.4 Å². The Morgan fingerprint density at radius 1 is 1.35 bits per heavy atom. The number of methoxy groups -OCH3 is 1. The standard InChI is InChI=1S/C18H18N2O2S/c1-22-15-4-2-3-13(11-15)12-17(21)20-18-6-5-16(23-18)14-7-9-19-10-8-14/h2-4,6-11,16H,5,12H2,1H3,(H,20,21). The Morgan fingerprint density at radius 2 is 2.17 bits per heavy atom. The molecule has 0 radical (unpaired) electrons. The van der Waals surface area contributed by atoms with E-state index < -0.39 is 0 Å². The highest BCUT2D eigenvalue weighted by Crippen LogP contribution is 2.42. The van der Waals surface area contributed by atoms with Gasteiger partial charge in [0.1, 0.15) is 5.75 Å². The maximum absolute atomic E-state index is 12.2. The zero-order chi connectivity index (χ0) is 16.1. The van der Waals surface area contributed by atoms with Crippen LogP contribution < -0.4 is 10.1 Å². The van der Waals surface area contributed by atoms with E-state index in [1.165, 1.54) is 5.56 Å². The van der Waals surface area contributed by atoms with Gasteiger partial charge in [-0.25, -0.2) is 0 Å². The number of hydrogen-bond acceptors (Lipinski definition) is 4. The molecule has 1 aromatic heterocycles. The van der Waals surface area contributed by atoms with Crippen molar-refractivity contribution in [1.82, 2.24) is 10.3 Å². The Bertz CT molecular complexity index is 716. The van der Waals surface area contributed by atoms with Gasteiger partial charge in [-0.1, -0.05) is 18.2 Å². The highest BCUT2D eigenvalue weighted by Gasteiger charge is 2.20. The molecule has 2 aromatic rings. The van der Waals surface area contributed by atoms with Gasteiger partial charge in [-0.05, 0) is 41.8 Å². The Morgan fingerprint density at radius 3 is 2.96 bits per heavy atom. The summed E-state index contributed by atoms with van der Waals surface area (Å²) in [4.78, 5) is 16.2. The summed E-state index contributed by atoms with van der Waals surface area (Å²) in [6, 6.07) is 11.6. The number of allylic oxidation sites excluding steroid dienone is 1. The minimum atomic E-state index is -0.00705. The van der Waals surface area contributed by atoms with Gasteiger partial charge < -0.3 is 10.1 Å². The Labute approximate surface area is 140 Å². The average molecular weight is 326 g/mol. The zero-order valence-electron chi connectivity index (χ0n) is 12.9. The number of benzene rings is 1. The smallest absolute Gasteiger partial charge is 0.229 e. The van der Waals surface area contributed by atoms with E-state index in [0.717, 1.165) is 22.8 Å². The summed E-state index contributed by atoms with van der Waals surface area (Å²) in [6.07, 6.45) is 6.95. The molecular weight excluding hydrogens is 308 g/mol. The van der Waals surface area contributed by atoms with Gasteiger partial charge in [-0.15, -0.1) is 11.8 Å². The molecule has 0 saturated carbocycles. The van der Waals surface area contributed by atoms with E-state index >= 15 is 0 Å². The largest absolute Gasteiger partial charge is 0.497 e. The number of nitrogens with one attached hydrogen (secondary N) is 1. The molecule has 0 fully saturated rings. The fraction of sp³-hybridized carbons (Fsp3) is 0.222. The van der Waals surface area contributed by atoms with Crippen LogP contribution in [-0.4, -0.2) is 18.0 Å². The molecule has 4 nitrogen and oxygen atoms in total. The van der Waals surface area contributed by atoms with E-state index in [-0.39, 0.29) is 5.91 Å². The molecule has 2 heterocycles. The van der Waals surface area contributed by atoms with Crippen molar-refractivity contribution in [3.63, 3.8) is 0 Å². The topological polar surface area (TPSA) is 51.2 Å². The number of hydrogen-bond donors (Lipinski definition) is 1. The highest BCUT2D eigenvalue weighted by atomic mass is 32.2. The summed E-state index contributed by atoms with van der Waals surface area (Å²) in [6.45, 7) is 0. The second-order valence-corrected chi connectivity index (χ2v) is 6.51. The number of pyridine rings is 1. The Hall–Kier alpha value is -2.27. The number of amides is 1. The minimum Gasteiger partial charge on any atom is -0.497 e. The van der Waals surface area contributed by atoms with Crippen LogP contribution >= 0.6 is 11.8 Å².